The van der Waals surface area contributed by atoms with Crippen LogP contribution in [0.1, 0.15) is 36.8 Å². The summed E-state index contributed by atoms with van der Waals surface area (Å²) in [5.74, 6) is 2.20. The molecule has 1 fully saturated rings. The van der Waals surface area contributed by atoms with Gasteiger partial charge in [-0.25, -0.2) is 14.5 Å². The van der Waals surface area contributed by atoms with E-state index in [0.29, 0.717) is 5.92 Å². The van der Waals surface area contributed by atoms with Crippen LogP contribution in [0.15, 0.2) is 36.9 Å². The van der Waals surface area contributed by atoms with Crippen LogP contribution in [0.5, 0.6) is 5.75 Å². The molecule has 0 aromatic carbocycles. The van der Waals surface area contributed by atoms with Crippen molar-refractivity contribution >= 4 is 11.5 Å². The molecule has 0 radical (unpaired) electrons. The molecule has 3 aromatic heterocycles. The van der Waals surface area contributed by atoms with Gasteiger partial charge in [0.05, 0.1) is 25.0 Å². The molecule has 0 unspecified atom stereocenters. The first-order valence-electron chi connectivity index (χ1n) is 8.85. The molecule has 130 valence electrons. The summed E-state index contributed by atoms with van der Waals surface area (Å²) in [5, 5.41) is 4.50. The zero-order chi connectivity index (χ0) is 17.2. The average Bonchev–Trinajstić information content (AvgIpc) is 3.11. The van der Waals surface area contributed by atoms with Gasteiger partial charge in [-0.2, -0.15) is 5.10 Å². The third kappa shape index (κ3) is 3.04. The van der Waals surface area contributed by atoms with Crippen LogP contribution in [0.25, 0.3) is 5.52 Å². The Kier molecular flexibility index (Phi) is 4.26. The van der Waals surface area contributed by atoms with E-state index in [-0.39, 0.29) is 0 Å². The minimum Gasteiger partial charge on any atom is -0.495 e. The third-order valence-corrected chi connectivity index (χ3v) is 5.07. The Morgan fingerprint density at radius 2 is 1.88 bits per heavy atom. The highest BCUT2D eigenvalue weighted by Gasteiger charge is 2.24. The Bertz CT molecular complexity index is 850. The Hall–Kier alpha value is -2.63. The van der Waals surface area contributed by atoms with Crippen molar-refractivity contribution in [2.75, 3.05) is 25.1 Å². The van der Waals surface area contributed by atoms with E-state index in [1.165, 1.54) is 16.6 Å². The molecule has 4 heterocycles. The molecular formula is C19H23N5O. The standard InChI is InChI=1S/C19H23N5O/c1-3-14-10-20-19(21-11-14)23-8-6-15(7-9-23)17-12-22-24-13-16(25-2)4-5-18(17)24/h4-5,10-13,15H,3,6-9H2,1-2H3. The molecule has 0 spiro atoms. The molecule has 1 saturated heterocycles. The van der Waals surface area contributed by atoms with Crippen LogP contribution >= 0.6 is 0 Å². The number of anilines is 1. The predicted molar refractivity (Wildman–Crippen MR) is 97.3 cm³/mol. The summed E-state index contributed by atoms with van der Waals surface area (Å²) in [6, 6.07) is 4.10. The van der Waals surface area contributed by atoms with Crippen molar-refractivity contribution in [3.63, 3.8) is 0 Å². The summed E-state index contributed by atoms with van der Waals surface area (Å²) in [4.78, 5) is 11.3. The van der Waals surface area contributed by atoms with Crippen LogP contribution in [0.2, 0.25) is 0 Å². The van der Waals surface area contributed by atoms with Crippen molar-refractivity contribution in [2.45, 2.75) is 32.1 Å². The molecule has 4 rings (SSSR count). The predicted octanol–water partition coefficient (Wildman–Crippen LogP) is 3.08. The van der Waals surface area contributed by atoms with Crippen LogP contribution in [-0.2, 0) is 6.42 Å². The monoisotopic (exact) mass is 337 g/mol. The lowest BCUT2D eigenvalue weighted by Crippen LogP contribution is -2.34. The molecule has 1 aliphatic rings. The highest BCUT2D eigenvalue weighted by atomic mass is 16.5. The van der Waals surface area contributed by atoms with Crippen molar-refractivity contribution in [3.05, 3.63) is 48.0 Å². The number of aryl methyl sites for hydroxylation is 1. The highest BCUT2D eigenvalue weighted by molar-refractivity contribution is 5.57. The van der Waals surface area contributed by atoms with Crippen LogP contribution in [0, 0.1) is 0 Å². The summed E-state index contributed by atoms with van der Waals surface area (Å²) < 4.78 is 7.18. The molecule has 0 aliphatic carbocycles. The number of piperidine rings is 1. The summed E-state index contributed by atoms with van der Waals surface area (Å²) in [6.45, 7) is 4.07. The van der Waals surface area contributed by atoms with Crippen molar-refractivity contribution in [2.24, 2.45) is 0 Å². The van der Waals surface area contributed by atoms with Crippen LogP contribution in [0.4, 0.5) is 5.95 Å². The summed E-state index contributed by atoms with van der Waals surface area (Å²) in [5.41, 5.74) is 3.67. The van der Waals surface area contributed by atoms with E-state index >= 15 is 0 Å². The second kappa shape index (κ2) is 6.70. The van der Waals surface area contributed by atoms with Gasteiger partial charge in [-0.15, -0.1) is 0 Å². The fourth-order valence-electron chi connectivity index (χ4n) is 3.50. The second-order valence-corrected chi connectivity index (χ2v) is 6.50. The van der Waals surface area contributed by atoms with Crippen molar-refractivity contribution in [1.29, 1.82) is 0 Å². The van der Waals surface area contributed by atoms with E-state index in [0.717, 1.165) is 44.0 Å². The lowest BCUT2D eigenvalue weighted by atomic mass is 9.90. The number of methoxy groups -OCH3 is 1. The lowest BCUT2D eigenvalue weighted by molar-refractivity contribution is 0.411. The fourth-order valence-corrected chi connectivity index (χ4v) is 3.50. The van der Waals surface area contributed by atoms with Gasteiger partial charge in [0.1, 0.15) is 5.75 Å². The van der Waals surface area contributed by atoms with Crippen molar-refractivity contribution in [3.8, 4) is 5.75 Å². The summed E-state index contributed by atoms with van der Waals surface area (Å²) >= 11 is 0. The van der Waals surface area contributed by atoms with Crippen LogP contribution < -0.4 is 9.64 Å². The first kappa shape index (κ1) is 15.9. The molecule has 3 aromatic rings. The van der Waals surface area contributed by atoms with E-state index < -0.39 is 0 Å². The number of rotatable bonds is 4. The third-order valence-electron chi connectivity index (χ3n) is 5.07. The van der Waals surface area contributed by atoms with Crippen LogP contribution in [-0.4, -0.2) is 39.8 Å². The topological polar surface area (TPSA) is 55.6 Å². The van der Waals surface area contributed by atoms with Gasteiger partial charge in [0.25, 0.3) is 0 Å². The average molecular weight is 337 g/mol. The van der Waals surface area contributed by atoms with Gasteiger partial charge in [-0.05, 0) is 42.9 Å². The molecule has 6 heteroatoms. The molecule has 0 bridgehead atoms. The molecule has 1 aliphatic heterocycles. The van der Waals surface area contributed by atoms with E-state index in [1.54, 1.807) is 7.11 Å². The van der Waals surface area contributed by atoms with Gasteiger partial charge in [-0.3, -0.25) is 0 Å². The normalized spacial score (nSPS) is 15.7. The minimum absolute atomic E-state index is 0.525. The number of hydrogen-bond acceptors (Lipinski definition) is 5. The van der Waals surface area contributed by atoms with Gasteiger partial charge in [-0.1, -0.05) is 6.92 Å². The van der Waals surface area contributed by atoms with Gasteiger partial charge in [0.2, 0.25) is 5.95 Å². The highest BCUT2D eigenvalue weighted by Crippen LogP contribution is 2.32. The number of aromatic nitrogens is 4. The number of hydrogen-bond donors (Lipinski definition) is 0. The number of nitrogens with zero attached hydrogens (tertiary/aromatic N) is 5. The van der Waals surface area contributed by atoms with Crippen molar-refractivity contribution < 1.29 is 4.74 Å². The maximum absolute atomic E-state index is 5.28. The quantitative estimate of drug-likeness (QED) is 0.732. The Morgan fingerprint density at radius 3 is 2.56 bits per heavy atom. The molecule has 25 heavy (non-hydrogen) atoms. The van der Waals surface area contributed by atoms with Crippen LogP contribution in [0.3, 0.4) is 0 Å². The maximum atomic E-state index is 5.28. The second-order valence-electron chi connectivity index (χ2n) is 6.50. The first-order chi connectivity index (χ1) is 12.3. The molecular weight excluding hydrogens is 314 g/mol. The molecule has 6 nitrogen and oxygen atoms in total. The Balaban J connectivity index is 1.48. The Morgan fingerprint density at radius 1 is 1.12 bits per heavy atom. The summed E-state index contributed by atoms with van der Waals surface area (Å²) in [7, 11) is 1.68. The number of pyridine rings is 1. The molecule has 0 N–H and O–H groups in total. The molecule has 0 atom stereocenters. The zero-order valence-corrected chi connectivity index (χ0v) is 14.7. The van der Waals surface area contributed by atoms with Crippen molar-refractivity contribution in [1.82, 2.24) is 19.6 Å². The molecule has 0 amide bonds. The first-order valence-corrected chi connectivity index (χ1v) is 8.85. The van der Waals surface area contributed by atoms with Gasteiger partial charge in [0, 0.05) is 31.0 Å². The Labute approximate surface area is 147 Å². The minimum atomic E-state index is 0.525. The summed E-state index contributed by atoms with van der Waals surface area (Å²) in [6.07, 6.45) is 11.0. The van der Waals surface area contributed by atoms with E-state index in [9.17, 15) is 0 Å². The van der Waals surface area contributed by atoms with E-state index in [2.05, 4.69) is 33.0 Å². The van der Waals surface area contributed by atoms with E-state index in [1.807, 2.05) is 35.4 Å². The van der Waals surface area contributed by atoms with Gasteiger partial charge >= 0.3 is 0 Å². The molecule has 0 saturated carbocycles. The number of fused-ring (bicyclic) bond motifs is 1. The largest absolute Gasteiger partial charge is 0.495 e. The van der Waals surface area contributed by atoms with Gasteiger partial charge in [0.15, 0.2) is 0 Å². The smallest absolute Gasteiger partial charge is 0.225 e. The SMILES string of the molecule is CCc1cnc(N2CCC(c3cnn4cc(OC)ccc34)CC2)nc1. The van der Waals surface area contributed by atoms with E-state index in [4.69, 9.17) is 4.74 Å². The van der Waals surface area contributed by atoms with Gasteiger partial charge < -0.3 is 9.64 Å². The zero-order valence-electron chi connectivity index (χ0n) is 14.7. The lowest BCUT2D eigenvalue weighted by Gasteiger charge is -2.31. The number of ether oxygens (including phenoxy) is 1. The fraction of sp³-hybridized carbons (Fsp3) is 0.421. The maximum Gasteiger partial charge on any atom is 0.225 e.